The van der Waals surface area contributed by atoms with Crippen molar-refractivity contribution in [1.29, 1.82) is 0 Å². The summed E-state index contributed by atoms with van der Waals surface area (Å²) in [5.41, 5.74) is 7.27. The molecule has 1 heterocycles. The molecule has 0 unspecified atom stereocenters. The van der Waals surface area contributed by atoms with E-state index >= 15 is 0 Å². The molecule has 0 fully saturated rings. The Morgan fingerprint density at radius 3 is 2.72 bits per heavy atom. The van der Waals surface area contributed by atoms with Crippen LogP contribution < -0.4 is 10.5 Å². The summed E-state index contributed by atoms with van der Waals surface area (Å²) < 4.78 is 18.7. The summed E-state index contributed by atoms with van der Waals surface area (Å²) in [6.45, 7) is 3.58. The fraction of sp³-hybridized carbons (Fsp3) is 0.214. The molecule has 2 aromatic rings. The molecule has 1 aromatic carbocycles. The van der Waals surface area contributed by atoms with Gasteiger partial charge in [-0.15, -0.1) is 0 Å². The lowest BCUT2D eigenvalue weighted by Gasteiger charge is -2.09. The Morgan fingerprint density at radius 1 is 1.28 bits per heavy atom. The molecule has 2 rings (SSSR count). The smallest absolute Gasteiger partial charge is 0.219 e. The maximum Gasteiger partial charge on any atom is 0.219 e. The van der Waals surface area contributed by atoms with Crippen molar-refractivity contribution in [1.82, 2.24) is 4.98 Å². The maximum absolute atomic E-state index is 13.1. The monoisotopic (exact) mass is 246 g/mol. The van der Waals surface area contributed by atoms with Gasteiger partial charge in [-0.05, 0) is 49.2 Å². The van der Waals surface area contributed by atoms with Crippen molar-refractivity contribution in [3.63, 3.8) is 0 Å². The second-order valence-corrected chi connectivity index (χ2v) is 4.23. The van der Waals surface area contributed by atoms with Crippen LogP contribution in [0.3, 0.4) is 0 Å². The maximum atomic E-state index is 13.1. The molecule has 0 spiro atoms. The first-order valence-electron chi connectivity index (χ1n) is 5.72. The van der Waals surface area contributed by atoms with Gasteiger partial charge < -0.3 is 10.5 Å². The van der Waals surface area contributed by atoms with Crippen LogP contribution in [0.1, 0.15) is 24.1 Å². The van der Waals surface area contributed by atoms with Crippen LogP contribution in [-0.4, -0.2) is 4.98 Å². The average molecular weight is 246 g/mol. The Kier molecular flexibility index (Phi) is 3.58. The zero-order valence-electron chi connectivity index (χ0n) is 10.4. The highest BCUT2D eigenvalue weighted by Crippen LogP contribution is 2.23. The number of benzene rings is 1. The number of nitrogens with two attached hydrogens (primary N) is 1. The fourth-order valence-corrected chi connectivity index (χ4v) is 1.57. The van der Waals surface area contributed by atoms with Gasteiger partial charge in [-0.1, -0.05) is 0 Å². The van der Waals surface area contributed by atoms with Gasteiger partial charge in [0, 0.05) is 18.3 Å². The van der Waals surface area contributed by atoms with Gasteiger partial charge >= 0.3 is 0 Å². The molecule has 18 heavy (non-hydrogen) atoms. The molecule has 94 valence electrons. The van der Waals surface area contributed by atoms with Crippen LogP contribution >= 0.6 is 0 Å². The van der Waals surface area contributed by atoms with Gasteiger partial charge in [-0.25, -0.2) is 9.37 Å². The summed E-state index contributed by atoms with van der Waals surface area (Å²) in [5.74, 6) is 0.763. The first-order chi connectivity index (χ1) is 8.56. The summed E-state index contributed by atoms with van der Waals surface area (Å²) in [6, 6.07) is 8.12. The molecule has 0 aliphatic rings. The summed E-state index contributed by atoms with van der Waals surface area (Å²) in [5, 5.41) is 0. The Morgan fingerprint density at radius 2 is 2.06 bits per heavy atom. The SMILES string of the molecule is Cc1cc(Oc2cc([C@@H](C)N)ccn2)ccc1F. The molecule has 3 nitrogen and oxygen atoms in total. The van der Waals surface area contributed by atoms with Crippen molar-refractivity contribution in [2.45, 2.75) is 19.9 Å². The highest BCUT2D eigenvalue weighted by molar-refractivity contribution is 5.33. The number of ether oxygens (including phenoxy) is 1. The van der Waals surface area contributed by atoms with E-state index < -0.39 is 0 Å². The zero-order valence-corrected chi connectivity index (χ0v) is 10.4. The molecular weight excluding hydrogens is 231 g/mol. The molecule has 4 heteroatoms. The minimum Gasteiger partial charge on any atom is -0.439 e. The van der Waals surface area contributed by atoms with E-state index in [2.05, 4.69) is 4.98 Å². The van der Waals surface area contributed by atoms with Gasteiger partial charge in [0.15, 0.2) is 0 Å². The third-order valence-electron chi connectivity index (χ3n) is 2.64. The molecule has 0 aliphatic heterocycles. The lowest BCUT2D eigenvalue weighted by Crippen LogP contribution is -2.05. The Hall–Kier alpha value is -1.94. The van der Waals surface area contributed by atoms with Crippen molar-refractivity contribution in [2.75, 3.05) is 0 Å². The molecule has 0 aliphatic carbocycles. The largest absolute Gasteiger partial charge is 0.439 e. The zero-order chi connectivity index (χ0) is 13.1. The summed E-state index contributed by atoms with van der Waals surface area (Å²) in [7, 11) is 0. The molecule has 0 bridgehead atoms. The highest BCUT2D eigenvalue weighted by atomic mass is 19.1. The van der Waals surface area contributed by atoms with Crippen molar-refractivity contribution < 1.29 is 9.13 Å². The van der Waals surface area contributed by atoms with Crippen LogP contribution in [0.25, 0.3) is 0 Å². The predicted octanol–water partition coefficient (Wildman–Crippen LogP) is 3.34. The van der Waals surface area contributed by atoms with Gasteiger partial charge in [0.1, 0.15) is 11.6 Å². The van der Waals surface area contributed by atoms with Crippen LogP contribution in [0.4, 0.5) is 4.39 Å². The molecule has 2 N–H and O–H groups in total. The van der Waals surface area contributed by atoms with Crippen molar-refractivity contribution >= 4 is 0 Å². The summed E-state index contributed by atoms with van der Waals surface area (Å²) >= 11 is 0. The molecule has 0 saturated carbocycles. The number of nitrogens with zero attached hydrogens (tertiary/aromatic N) is 1. The summed E-state index contributed by atoms with van der Waals surface area (Å²) in [4.78, 5) is 4.10. The van der Waals surface area contributed by atoms with Gasteiger partial charge in [-0.2, -0.15) is 0 Å². The first-order valence-corrected chi connectivity index (χ1v) is 5.72. The molecule has 1 aromatic heterocycles. The third kappa shape index (κ3) is 2.84. The minimum absolute atomic E-state index is 0.0784. The lowest BCUT2D eigenvalue weighted by atomic mass is 10.1. The van der Waals surface area contributed by atoms with Crippen LogP contribution in [0, 0.1) is 12.7 Å². The molecular formula is C14H15FN2O. The quantitative estimate of drug-likeness (QED) is 0.903. The van der Waals surface area contributed by atoms with Crippen molar-refractivity contribution in [3.05, 3.63) is 53.5 Å². The summed E-state index contributed by atoms with van der Waals surface area (Å²) in [6.07, 6.45) is 1.64. The topological polar surface area (TPSA) is 48.1 Å². The number of hydrogen-bond donors (Lipinski definition) is 1. The second kappa shape index (κ2) is 5.14. The Bertz CT molecular complexity index is 555. The number of rotatable bonds is 3. The number of aromatic nitrogens is 1. The van der Waals surface area contributed by atoms with E-state index in [0.29, 0.717) is 17.2 Å². The number of pyridine rings is 1. The van der Waals surface area contributed by atoms with E-state index in [0.717, 1.165) is 5.56 Å². The number of aryl methyl sites for hydroxylation is 1. The average Bonchev–Trinajstić information content (AvgIpc) is 2.34. The second-order valence-electron chi connectivity index (χ2n) is 4.23. The predicted molar refractivity (Wildman–Crippen MR) is 68.1 cm³/mol. The van der Waals surface area contributed by atoms with E-state index in [1.54, 1.807) is 31.3 Å². The van der Waals surface area contributed by atoms with E-state index in [-0.39, 0.29) is 11.9 Å². The Labute approximate surface area is 105 Å². The third-order valence-corrected chi connectivity index (χ3v) is 2.64. The van der Waals surface area contributed by atoms with Gasteiger partial charge in [0.2, 0.25) is 5.88 Å². The Balaban J connectivity index is 2.23. The highest BCUT2D eigenvalue weighted by Gasteiger charge is 2.05. The number of halogens is 1. The van der Waals surface area contributed by atoms with Crippen LogP contribution in [0.2, 0.25) is 0 Å². The normalized spacial score (nSPS) is 12.2. The first kappa shape index (κ1) is 12.5. The molecule has 0 radical (unpaired) electrons. The van der Waals surface area contributed by atoms with Crippen LogP contribution in [0.15, 0.2) is 36.5 Å². The standard InChI is InChI=1S/C14H15FN2O/c1-9-7-12(3-4-13(9)15)18-14-8-11(10(2)16)5-6-17-14/h3-8,10H,16H2,1-2H3/t10-/m1/s1. The minimum atomic E-state index is -0.250. The lowest BCUT2D eigenvalue weighted by molar-refractivity contribution is 0.459. The fourth-order valence-electron chi connectivity index (χ4n) is 1.57. The van der Waals surface area contributed by atoms with Crippen molar-refractivity contribution in [3.8, 4) is 11.6 Å². The molecule has 0 saturated heterocycles. The van der Waals surface area contributed by atoms with Crippen LogP contribution in [0.5, 0.6) is 11.6 Å². The molecule has 0 amide bonds. The van der Waals surface area contributed by atoms with E-state index in [9.17, 15) is 4.39 Å². The van der Waals surface area contributed by atoms with E-state index in [1.165, 1.54) is 6.07 Å². The van der Waals surface area contributed by atoms with Crippen molar-refractivity contribution in [2.24, 2.45) is 5.73 Å². The van der Waals surface area contributed by atoms with Crippen LogP contribution in [-0.2, 0) is 0 Å². The van der Waals surface area contributed by atoms with E-state index in [1.807, 2.05) is 13.0 Å². The van der Waals surface area contributed by atoms with Gasteiger partial charge in [0.05, 0.1) is 0 Å². The molecule has 1 atom stereocenters. The number of hydrogen-bond acceptors (Lipinski definition) is 3. The van der Waals surface area contributed by atoms with E-state index in [4.69, 9.17) is 10.5 Å². The van der Waals surface area contributed by atoms with Gasteiger partial charge in [0.25, 0.3) is 0 Å². The van der Waals surface area contributed by atoms with Gasteiger partial charge in [-0.3, -0.25) is 0 Å².